The lowest BCUT2D eigenvalue weighted by molar-refractivity contribution is -0.385. The molecule has 10 heteroatoms. The standard InChI is InChI=1S/C25H20N4O6/c1-34-22-11-9-16(12-23(22)35-2)24-17(15-28(27-24)18-6-4-3-5-7-18)8-10-21-20(25(30)31)13-19(14-26-21)29(32)33/h3-15H,1-2H3,(H,30,31)/b10-8+. The van der Waals surface area contributed by atoms with Gasteiger partial charge in [-0.25, -0.2) is 14.5 Å². The smallest absolute Gasteiger partial charge is 0.338 e. The Labute approximate surface area is 199 Å². The van der Waals surface area contributed by atoms with Crippen LogP contribution in [0.1, 0.15) is 21.6 Å². The molecule has 0 aliphatic carbocycles. The van der Waals surface area contributed by atoms with Gasteiger partial charge in [-0.15, -0.1) is 0 Å². The van der Waals surface area contributed by atoms with Crippen molar-refractivity contribution in [3.63, 3.8) is 0 Å². The van der Waals surface area contributed by atoms with Crippen molar-refractivity contribution in [2.24, 2.45) is 0 Å². The summed E-state index contributed by atoms with van der Waals surface area (Å²) in [5.41, 5.74) is 2.23. The average molecular weight is 472 g/mol. The van der Waals surface area contributed by atoms with Gasteiger partial charge in [0.15, 0.2) is 11.5 Å². The molecule has 35 heavy (non-hydrogen) atoms. The molecule has 0 amide bonds. The van der Waals surface area contributed by atoms with Crippen LogP contribution in [0.15, 0.2) is 67.0 Å². The molecule has 4 aromatic rings. The molecule has 2 heterocycles. The number of carbonyl (C=O) groups is 1. The molecular formula is C25H20N4O6. The van der Waals surface area contributed by atoms with E-state index in [1.165, 1.54) is 6.08 Å². The minimum Gasteiger partial charge on any atom is -0.493 e. The van der Waals surface area contributed by atoms with Crippen molar-refractivity contribution in [1.82, 2.24) is 14.8 Å². The maximum Gasteiger partial charge on any atom is 0.338 e. The Balaban J connectivity index is 1.83. The minimum absolute atomic E-state index is 0.0776. The number of nitrogens with zero attached hydrogens (tertiary/aromatic N) is 4. The van der Waals surface area contributed by atoms with Crippen LogP contribution in [-0.4, -0.2) is 45.0 Å². The van der Waals surface area contributed by atoms with Crippen molar-refractivity contribution in [3.05, 3.63) is 93.9 Å². The Hall–Kier alpha value is -4.99. The number of carboxylic acid groups (broad SMARTS) is 1. The first-order valence-corrected chi connectivity index (χ1v) is 10.3. The number of rotatable bonds is 8. The van der Waals surface area contributed by atoms with E-state index in [1.54, 1.807) is 43.3 Å². The highest BCUT2D eigenvalue weighted by Crippen LogP contribution is 2.34. The lowest BCUT2D eigenvalue weighted by atomic mass is 10.1. The zero-order valence-electron chi connectivity index (χ0n) is 18.8. The summed E-state index contributed by atoms with van der Waals surface area (Å²) < 4.78 is 12.4. The molecule has 0 unspecified atom stereocenters. The van der Waals surface area contributed by atoms with E-state index in [2.05, 4.69) is 4.98 Å². The van der Waals surface area contributed by atoms with E-state index >= 15 is 0 Å². The van der Waals surface area contributed by atoms with Crippen LogP contribution in [0.3, 0.4) is 0 Å². The highest BCUT2D eigenvalue weighted by molar-refractivity contribution is 5.93. The van der Waals surface area contributed by atoms with E-state index in [0.29, 0.717) is 22.8 Å². The number of methoxy groups -OCH3 is 2. The number of para-hydroxylation sites is 1. The number of aromatic nitrogens is 3. The van der Waals surface area contributed by atoms with Gasteiger partial charge in [-0.3, -0.25) is 10.1 Å². The molecule has 0 spiro atoms. The Morgan fingerprint density at radius 2 is 1.80 bits per heavy atom. The highest BCUT2D eigenvalue weighted by Gasteiger charge is 2.17. The first-order chi connectivity index (χ1) is 16.9. The molecule has 1 N–H and O–H groups in total. The molecule has 0 aliphatic heterocycles. The van der Waals surface area contributed by atoms with Crippen LogP contribution in [-0.2, 0) is 0 Å². The van der Waals surface area contributed by atoms with Gasteiger partial charge in [-0.2, -0.15) is 5.10 Å². The second-order valence-corrected chi connectivity index (χ2v) is 7.30. The minimum atomic E-state index is -1.32. The van der Waals surface area contributed by atoms with Crippen LogP contribution in [0.25, 0.3) is 29.1 Å². The van der Waals surface area contributed by atoms with E-state index in [4.69, 9.17) is 14.6 Å². The summed E-state index contributed by atoms with van der Waals surface area (Å²) in [5, 5.41) is 25.3. The second kappa shape index (κ2) is 9.87. The number of nitro groups is 1. The largest absolute Gasteiger partial charge is 0.493 e. The van der Waals surface area contributed by atoms with Crippen molar-refractivity contribution in [2.45, 2.75) is 0 Å². The summed E-state index contributed by atoms with van der Waals surface area (Å²) in [5.74, 6) is -0.225. The van der Waals surface area contributed by atoms with E-state index in [-0.39, 0.29) is 11.3 Å². The van der Waals surface area contributed by atoms with Gasteiger partial charge in [-0.05, 0) is 42.5 Å². The molecule has 0 saturated heterocycles. The Bertz CT molecular complexity index is 1430. The molecular weight excluding hydrogens is 452 g/mol. The Kier molecular flexibility index (Phi) is 6.54. The average Bonchev–Trinajstić information content (AvgIpc) is 3.31. The van der Waals surface area contributed by atoms with Crippen LogP contribution >= 0.6 is 0 Å². The van der Waals surface area contributed by atoms with Crippen molar-refractivity contribution >= 4 is 23.8 Å². The van der Waals surface area contributed by atoms with Crippen molar-refractivity contribution in [3.8, 4) is 28.4 Å². The number of hydrogen-bond acceptors (Lipinski definition) is 7. The molecule has 0 saturated carbocycles. The molecule has 2 aromatic carbocycles. The summed E-state index contributed by atoms with van der Waals surface area (Å²) in [7, 11) is 3.09. The number of benzene rings is 2. The summed E-state index contributed by atoms with van der Waals surface area (Å²) in [6, 6.07) is 15.9. The van der Waals surface area contributed by atoms with Crippen LogP contribution < -0.4 is 9.47 Å². The number of ether oxygens (including phenoxy) is 2. The van der Waals surface area contributed by atoms with Crippen molar-refractivity contribution < 1.29 is 24.3 Å². The third-order valence-electron chi connectivity index (χ3n) is 5.19. The number of pyridine rings is 1. The quantitative estimate of drug-likeness (QED) is 0.288. The Morgan fingerprint density at radius 1 is 1.06 bits per heavy atom. The Morgan fingerprint density at radius 3 is 2.46 bits per heavy atom. The first-order valence-electron chi connectivity index (χ1n) is 10.3. The highest BCUT2D eigenvalue weighted by atomic mass is 16.6. The van der Waals surface area contributed by atoms with Gasteiger partial charge < -0.3 is 14.6 Å². The predicted molar refractivity (Wildman–Crippen MR) is 129 cm³/mol. The molecule has 4 rings (SSSR count). The third kappa shape index (κ3) is 4.86. The normalized spacial score (nSPS) is 10.9. The molecule has 2 aromatic heterocycles. The summed E-state index contributed by atoms with van der Waals surface area (Å²) in [6.45, 7) is 0. The molecule has 0 radical (unpaired) electrons. The van der Waals surface area contributed by atoms with Crippen LogP contribution in [0.2, 0.25) is 0 Å². The van der Waals surface area contributed by atoms with Gasteiger partial charge in [0.05, 0.1) is 36.1 Å². The van der Waals surface area contributed by atoms with Crippen molar-refractivity contribution in [2.75, 3.05) is 14.2 Å². The zero-order chi connectivity index (χ0) is 24.9. The van der Waals surface area contributed by atoms with E-state index in [9.17, 15) is 20.0 Å². The molecule has 0 bridgehead atoms. The SMILES string of the molecule is COc1ccc(-c2nn(-c3ccccc3)cc2/C=C/c2ncc([N+](=O)[O-])cc2C(=O)O)cc1OC. The van der Waals surface area contributed by atoms with Gasteiger partial charge >= 0.3 is 5.97 Å². The summed E-state index contributed by atoms with van der Waals surface area (Å²) in [6.07, 6.45) is 5.97. The number of hydrogen-bond donors (Lipinski definition) is 1. The van der Waals surface area contributed by atoms with Crippen LogP contribution in [0.4, 0.5) is 5.69 Å². The predicted octanol–water partition coefficient (Wildman–Crippen LogP) is 4.73. The van der Waals surface area contributed by atoms with E-state index < -0.39 is 16.6 Å². The number of aromatic carboxylic acids is 1. The van der Waals surface area contributed by atoms with E-state index in [1.807, 2.05) is 36.4 Å². The fourth-order valence-corrected chi connectivity index (χ4v) is 3.47. The van der Waals surface area contributed by atoms with E-state index in [0.717, 1.165) is 23.5 Å². The topological polar surface area (TPSA) is 130 Å². The molecule has 0 aliphatic rings. The van der Waals surface area contributed by atoms with Gasteiger partial charge in [0.25, 0.3) is 5.69 Å². The van der Waals surface area contributed by atoms with Crippen LogP contribution in [0, 0.1) is 10.1 Å². The second-order valence-electron chi connectivity index (χ2n) is 7.30. The molecule has 176 valence electrons. The third-order valence-corrected chi connectivity index (χ3v) is 5.19. The maximum atomic E-state index is 11.7. The lowest BCUT2D eigenvalue weighted by Crippen LogP contribution is -2.03. The monoisotopic (exact) mass is 472 g/mol. The first kappa shape index (κ1) is 23.2. The lowest BCUT2D eigenvalue weighted by Gasteiger charge is -2.09. The molecule has 10 nitrogen and oxygen atoms in total. The van der Waals surface area contributed by atoms with Gasteiger partial charge in [0, 0.05) is 23.4 Å². The summed E-state index contributed by atoms with van der Waals surface area (Å²) >= 11 is 0. The van der Waals surface area contributed by atoms with Crippen molar-refractivity contribution in [1.29, 1.82) is 0 Å². The number of carboxylic acids is 1. The molecule has 0 atom stereocenters. The van der Waals surface area contributed by atoms with Gasteiger partial charge in [0.2, 0.25) is 0 Å². The van der Waals surface area contributed by atoms with Gasteiger partial charge in [-0.1, -0.05) is 18.2 Å². The maximum absolute atomic E-state index is 11.7. The van der Waals surface area contributed by atoms with Gasteiger partial charge in [0.1, 0.15) is 11.9 Å². The zero-order valence-corrected chi connectivity index (χ0v) is 18.8. The van der Waals surface area contributed by atoms with Crippen LogP contribution in [0.5, 0.6) is 11.5 Å². The summed E-state index contributed by atoms with van der Waals surface area (Å²) in [4.78, 5) is 26.0. The fourth-order valence-electron chi connectivity index (χ4n) is 3.47. The molecule has 0 fully saturated rings. The fraction of sp³-hybridized carbons (Fsp3) is 0.0800.